The molecule has 1 aromatic carbocycles. The zero-order chi connectivity index (χ0) is 10.6. The van der Waals surface area contributed by atoms with Gasteiger partial charge in [0.25, 0.3) is 5.91 Å². The molecule has 1 aromatic rings. The molecule has 0 unspecified atom stereocenters. The molecule has 0 saturated heterocycles. The maximum absolute atomic E-state index is 11.3. The number of nitrogens with two attached hydrogens (primary N) is 1. The van der Waals surface area contributed by atoms with E-state index in [-0.39, 0.29) is 11.1 Å². The van der Waals surface area contributed by atoms with Gasteiger partial charge < -0.3 is 5.11 Å². The summed E-state index contributed by atoms with van der Waals surface area (Å²) in [6.45, 7) is 0. The van der Waals surface area contributed by atoms with Crippen LogP contribution in [0.4, 0.5) is 0 Å². The van der Waals surface area contributed by atoms with Crippen molar-refractivity contribution in [2.45, 2.75) is 0 Å². The van der Waals surface area contributed by atoms with Crippen LogP contribution < -0.4 is 16.8 Å². The molecule has 1 amide bonds. The lowest BCUT2D eigenvalue weighted by atomic mass is 10.1. The number of nitrogens with one attached hydrogen (secondary N) is 2. The molecule has 6 nitrogen and oxygen atoms in total. The van der Waals surface area contributed by atoms with Gasteiger partial charge in [-0.25, -0.2) is 4.79 Å². The van der Waals surface area contributed by atoms with Gasteiger partial charge in [-0.05, 0) is 12.1 Å². The predicted molar refractivity (Wildman–Crippen MR) is 48.2 cm³/mol. The molecule has 6 heteroatoms. The molecule has 0 aliphatic heterocycles. The maximum atomic E-state index is 11.3. The fourth-order valence-electron chi connectivity index (χ4n) is 1.00. The van der Waals surface area contributed by atoms with Crippen molar-refractivity contribution in [1.29, 1.82) is 0 Å². The van der Waals surface area contributed by atoms with Crippen molar-refractivity contribution in [3.8, 4) is 0 Å². The molecule has 0 radical (unpaired) electrons. The smallest absolute Gasteiger partial charge is 0.336 e. The van der Waals surface area contributed by atoms with Crippen LogP contribution in [-0.2, 0) is 0 Å². The zero-order valence-electron chi connectivity index (χ0n) is 7.15. The number of hydrogen-bond acceptors (Lipinski definition) is 4. The molecule has 0 fully saturated rings. The van der Waals surface area contributed by atoms with E-state index >= 15 is 0 Å². The Bertz CT molecular complexity index is 365. The van der Waals surface area contributed by atoms with Crippen LogP contribution in [0.15, 0.2) is 24.3 Å². The monoisotopic (exact) mass is 195 g/mol. The van der Waals surface area contributed by atoms with Crippen LogP contribution in [0.1, 0.15) is 20.7 Å². The summed E-state index contributed by atoms with van der Waals surface area (Å²) in [5.74, 6) is 3.11. The molecule has 74 valence electrons. The van der Waals surface area contributed by atoms with E-state index in [2.05, 4.69) is 5.43 Å². The minimum absolute atomic E-state index is 0.0537. The van der Waals surface area contributed by atoms with Gasteiger partial charge >= 0.3 is 5.97 Å². The lowest BCUT2D eigenvalue weighted by Gasteiger charge is -2.05. The number of rotatable bonds is 3. The summed E-state index contributed by atoms with van der Waals surface area (Å²) in [6, 6.07) is 5.85. The van der Waals surface area contributed by atoms with E-state index in [9.17, 15) is 9.59 Å². The number of carbonyl (C=O) groups is 2. The van der Waals surface area contributed by atoms with E-state index in [1.165, 1.54) is 18.2 Å². The summed E-state index contributed by atoms with van der Waals surface area (Å²) in [7, 11) is 0. The molecule has 0 bridgehead atoms. The fourth-order valence-corrected chi connectivity index (χ4v) is 1.00. The molecule has 0 spiro atoms. The molecule has 0 aliphatic carbocycles. The highest BCUT2D eigenvalue weighted by atomic mass is 16.4. The number of carbonyl (C=O) groups excluding carboxylic acids is 1. The van der Waals surface area contributed by atoms with Crippen molar-refractivity contribution in [2.24, 2.45) is 5.84 Å². The Morgan fingerprint density at radius 3 is 2.29 bits per heavy atom. The summed E-state index contributed by atoms with van der Waals surface area (Å²) in [5.41, 5.74) is 4.01. The van der Waals surface area contributed by atoms with Crippen LogP contribution in [0, 0.1) is 0 Å². The summed E-state index contributed by atoms with van der Waals surface area (Å²) < 4.78 is 0. The number of benzene rings is 1. The Labute approximate surface area is 79.7 Å². The molecule has 1 rings (SSSR count). The number of amides is 1. The highest BCUT2D eigenvalue weighted by molar-refractivity contribution is 6.04. The molecule has 5 N–H and O–H groups in total. The van der Waals surface area contributed by atoms with Crippen LogP contribution in [0.3, 0.4) is 0 Å². The van der Waals surface area contributed by atoms with Gasteiger partial charge in [-0.1, -0.05) is 12.1 Å². The van der Waals surface area contributed by atoms with Gasteiger partial charge in [-0.2, -0.15) is 5.53 Å². The van der Waals surface area contributed by atoms with Gasteiger partial charge in [-0.15, -0.1) is 0 Å². The van der Waals surface area contributed by atoms with Crippen molar-refractivity contribution in [2.75, 3.05) is 0 Å². The maximum Gasteiger partial charge on any atom is 0.336 e. The third kappa shape index (κ3) is 2.06. The van der Waals surface area contributed by atoms with E-state index < -0.39 is 11.9 Å². The van der Waals surface area contributed by atoms with E-state index in [0.29, 0.717) is 0 Å². The van der Waals surface area contributed by atoms with Crippen molar-refractivity contribution in [3.05, 3.63) is 35.4 Å². The summed E-state index contributed by atoms with van der Waals surface area (Å²) in [5, 5.41) is 8.75. The van der Waals surface area contributed by atoms with E-state index in [1.807, 2.05) is 5.53 Å². The van der Waals surface area contributed by atoms with Crippen LogP contribution >= 0.6 is 0 Å². The summed E-state index contributed by atoms with van der Waals surface area (Å²) in [4.78, 5) is 22.0. The lowest BCUT2D eigenvalue weighted by Crippen LogP contribution is -2.42. The van der Waals surface area contributed by atoms with Crippen molar-refractivity contribution < 1.29 is 14.7 Å². The fraction of sp³-hybridized carbons (Fsp3) is 0. The van der Waals surface area contributed by atoms with Crippen LogP contribution in [0.2, 0.25) is 0 Å². The molecular formula is C8H9N3O3. The highest BCUT2D eigenvalue weighted by Gasteiger charge is 2.14. The Morgan fingerprint density at radius 1 is 1.21 bits per heavy atom. The third-order valence-corrected chi connectivity index (χ3v) is 1.59. The van der Waals surface area contributed by atoms with E-state index in [0.717, 1.165) is 0 Å². The first-order chi connectivity index (χ1) is 6.66. The highest BCUT2D eigenvalue weighted by Crippen LogP contribution is 2.07. The molecule has 0 atom stereocenters. The number of aromatic carboxylic acids is 1. The Hall–Kier alpha value is -1.92. The minimum Gasteiger partial charge on any atom is -0.478 e. The van der Waals surface area contributed by atoms with Crippen molar-refractivity contribution >= 4 is 11.9 Å². The molecule has 0 heterocycles. The summed E-state index contributed by atoms with van der Waals surface area (Å²) >= 11 is 0. The molecule has 0 saturated carbocycles. The van der Waals surface area contributed by atoms with Crippen LogP contribution in [0.25, 0.3) is 0 Å². The topological polar surface area (TPSA) is 104 Å². The summed E-state index contributed by atoms with van der Waals surface area (Å²) in [6.07, 6.45) is 0. The largest absolute Gasteiger partial charge is 0.478 e. The minimum atomic E-state index is -1.16. The average Bonchev–Trinajstić information content (AvgIpc) is 2.18. The predicted octanol–water partition coefficient (Wildman–Crippen LogP) is -0.507. The van der Waals surface area contributed by atoms with Crippen LogP contribution in [-0.4, -0.2) is 17.0 Å². The zero-order valence-corrected chi connectivity index (χ0v) is 7.15. The second-order valence-electron chi connectivity index (χ2n) is 2.45. The molecule has 0 aliphatic rings. The second-order valence-corrected chi connectivity index (χ2v) is 2.45. The van der Waals surface area contributed by atoms with Crippen molar-refractivity contribution in [1.82, 2.24) is 11.0 Å². The van der Waals surface area contributed by atoms with Gasteiger partial charge in [0.15, 0.2) is 0 Å². The molecule has 0 aromatic heterocycles. The second kappa shape index (κ2) is 4.35. The first kappa shape index (κ1) is 10.2. The number of hydrazine groups is 2. The first-order valence-electron chi connectivity index (χ1n) is 3.75. The van der Waals surface area contributed by atoms with Crippen molar-refractivity contribution in [3.63, 3.8) is 0 Å². The van der Waals surface area contributed by atoms with Gasteiger partial charge in [0, 0.05) is 0 Å². The normalized spacial score (nSPS) is 9.50. The third-order valence-electron chi connectivity index (χ3n) is 1.59. The Kier molecular flexibility index (Phi) is 3.16. The van der Waals surface area contributed by atoms with Gasteiger partial charge in [0.2, 0.25) is 0 Å². The van der Waals surface area contributed by atoms with Gasteiger partial charge in [-0.3, -0.25) is 16.1 Å². The lowest BCUT2D eigenvalue weighted by molar-refractivity contribution is 0.0690. The van der Waals surface area contributed by atoms with Gasteiger partial charge in [0.05, 0.1) is 11.1 Å². The number of carboxylic acids is 1. The van der Waals surface area contributed by atoms with Gasteiger partial charge in [0.1, 0.15) is 0 Å². The molecule has 14 heavy (non-hydrogen) atoms. The van der Waals surface area contributed by atoms with E-state index in [1.54, 1.807) is 6.07 Å². The SMILES string of the molecule is NNNC(=O)c1ccccc1C(=O)O. The Balaban J connectivity index is 3.07. The quantitative estimate of drug-likeness (QED) is 0.384. The number of hydrogen-bond donors (Lipinski definition) is 4. The standard InChI is InChI=1S/C8H9N3O3/c9-11-10-7(12)5-3-1-2-4-6(5)8(13)14/h1-4,11H,9H2,(H,10,12)(H,13,14). The first-order valence-corrected chi connectivity index (χ1v) is 3.75. The average molecular weight is 195 g/mol. The van der Waals surface area contributed by atoms with E-state index in [4.69, 9.17) is 10.9 Å². The molecular weight excluding hydrogens is 186 g/mol. The Morgan fingerprint density at radius 2 is 1.79 bits per heavy atom. The number of carboxylic acid groups (broad SMARTS) is 1. The van der Waals surface area contributed by atoms with Crippen LogP contribution in [0.5, 0.6) is 0 Å².